The van der Waals surface area contributed by atoms with E-state index < -0.39 is 0 Å². The van der Waals surface area contributed by atoms with Crippen molar-refractivity contribution in [3.8, 4) is 0 Å². The van der Waals surface area contributed by atoms with Crippen LogP contribution >= 0.6 is 0 Å². The first kappa shape index (κ1) is 14.9. The lowest BCUT2D eigenvalue weighted by Crippen LogP contribution is -2.39. The summed E-state index contributed by atoms with van der Waals surface area (Å²) in [6.07, 6.45) is 4.05. The van der Waals surface area contributed by atoms with E-state index in [1.807, 2.05) is 30.3 Å². The van der Waals surface area contributed by atoms with Crippen molar-refractivity contribution in [2.45, 2.75) is 32.1 Å². The summed E-state index contributed by atoms with van der Waals surface area (Å²) in [5, 5.41) is 12.3. The van der Waals surface area contributed by atoms with E-state index in [9.17, 15) is 0 Å². The smallest absolute Gasteiger partial charge is 0.147 e. The molecule has 20 heavy (non-hydrogen) atoms. The van der Waals surface area contributed by atoms with Crippen LogP contribution in [0, 0.1) is 5.92 Å². The van der Waals surface area contributed by atoms with Gasteiger partial charge in [-0.2, -0.15) is 0 Å². The van der Waals surface area contributed by atoms with E-state index in [4.69, 9.17) is 10.9 Å². The van der Waals surface area contributed by atoms with E-state index in [1.165, 1.54) is 19.3 Å². The number of hydrogen-bond acceptors (Lipinski definition) is 3. The molecule has 1 aliphatic rings. The molecule has 1 aromatic carbocycles. The van der Waals surface area contributed by atoms with Gasteiger partial charge in [-0.1, -0.05) is 48.8 Å². The molecule has 0 heterocycles. The monoisotopic (exact) mass is 275 g/mol. The number of oxime groups is 1. The first-order valence-corrected chi connectivity index (χ1v) is 7.49. The van der Waals surface area contributed by atoms with Gasteiger partial charge in [0.2, 0.25) is 0 Å². The summed E-state index contributed by atoms with van der Waals surface area (Å²) in [5.41, 5.74) is 7.01. The molecule has 0 aromatic heterocycles. The van der Waals surface area contributed by atoms with E-state index in [1.54, 1.807) is 0 Å². The maximum atomic E-state index is 9.04. The minimum Gasteiger partial charge on any atom is -0.409 e. The maximum Gasteiger partial charge on any atom is 0.147 e. The fourth-order valence-electron chi connectivity index (χ4n) is 2.76. The van der Waals surface area contributed by atoms with Gasteiger partial charge in [0.15, 0.2) is 0 Å². The SMILES string of the molecule is CCN(CC1CCC1)CC(/C(N)=N/O)c1ccccc1. The van der Waals surface area contributed by atoms with Crippen LogP contribution in [0.5, 0.6) is 0 Å². The molecular weight excluding hydrogens is 250 g/mol. The number of benzene rings is 1. The highest BCUT2D eigenvalue weighted by atomic mass is 16.4. The van der Waals surface area contributed by atoms with Crippen LogP contribution in [0.15, 0.2) is 35.5 Å². The van der Waals surface area contributed by atoms with Crippen molar-refractivity contribution in [2.75, 3.05) is 19.6 Å². The molecule has 110 valence electrons. The number of nitrogens with two attached hydrogens (primary N) is 1. The van der Waals surface area contributed by atoms with Crippen LogP contribution in [0.3, 0.4) is 0 Å². The lowest BCUT2D eigenvalue weighted by Gasteiger charge is -2.33. The molecule has 1 fully saturated rings. The van der Waals surface area contributed by atoms with E-state index in [2.05, 4.69) is 17.0 Å². The number of likely N-dealkylation sites (N-methyl/N-ethyl adjacent to an activating group) is 1. The number of rotatable bonds is 7. The van der Waals surface area contributed by atoms with Gasteiger partial charge in [0, 0.05) is 13.1 Å². The highest BCUT2D eigenvalue weighted by Gasteiger charge is 2.24. The zero-order valence-electron chi connectivity index (χ0n) is 12.2. The van der Waals surface area contributed by atoms with Crippen molar-refractivity contribution in [2.24, 2.45) is 16.8 Å². The zero-order chi connectivity index (χ0) is 14.4. The summed E-state index contributed by atoms with van der Waals surface area (Å²) >= 11 is 0. The predicted octanol–water partition coefficient (Wildman–Crippen LogP) is 2.64. The average Bonchev–Trinajstić information content (AvgIpc) is 2.46. The summed E-state index contributed by atoms with van der Waals surface area (Å²) < 4.78 is 0. The van der Waals surface area contributed by atoms with Crippen LogP contribution < -0.4 is 5.73 Å². The molecule has 0 saturated heterocycles. The molecule has 4 nitrogen and oxygen atoms in total. The van der Waals surface area contributed by atoms with E-state index in [0.29, 0.717) is 5.84 Å². The second-order valence-electron chi connectivity index (χ2n) is 5.64. The second kappa shape index (κ2) is 7.29. The first-order chi connectivity index (χ1) is 9.74. The highest BCUT2D eigenvalue weighted by Crippen LogP contribution is 2.28. The lowest BCUT2D eigenvalue weighted by molar-refractivity contribution is 0.182. The quantitative estimate of drug-likeness (QED) is 0.348. The van der Waals surface area contributed by atoms with Gasteiger partial charge in [0.25, 0.3) is 0 Å². The van der Waals surface area contributed by atoms with Crippen LogP contribution in [0.2, 0.25) is 0 Å². The Kier molecular flexibility index (Phi) is 5.41. The Hall–Kier alpha value is -1.55. The van der Waals surface area contributed by atoms with Gasteiger partial charge in [-0.25, -0.2) is 0 Å². The summed E-state index contributed by atoms with van der Waals surface area (Å²) in [6.45, 7) is 5.11. The lowest BCUT2D eigenvalue weighted by atomic mass is 9.85. The number of nitrogens with zero attached hydrogens (tertiary/aromatic N) is 2. The average molecular weight is 275 g/mol. The van der Waals surface area contributed by atoms with Crippen molar-refractivity contribution in [1.82, 2.24) is 4.90 Å². The van der Waals surface area contributed by atoms with Gasteiger partial charge in [-0.15, -0.1) is 0 Å². The highest BCUT2D eigenvalue weighted by molar-refractivity contribution is 5.87. The molecule has 1 aliphatic carbocycles. The Bertz CT molecular complexity index is 429. The fourth-order valence-corrected chi connectivity index (χ4v) is 2.76. The molecule has 1 saturated carbocycles. The third-order valence-electron chi connectivity index (χ3n) is 4.30. The molecule has 0 radical (unpaired) electrons. The van der Waals surface area contributed by atoms with Gasteiger partial charge in [0.1, 0.15) is 5.84 Å². The van der Waals surface area contributed by atoms with E-state index >= 15 is 0 Å². The summed E-state index contributed by atoms with van der Waals surface area (Å²) in [7, 11) is 0. The van der Waals surface area contributed by atoms with E-state index in [-0.39, 0.29) is 5.92 Å². The Morgan fingerprint density at radius 3 is 2.60 bits per heavy atom. The molecule has 0 spiro atoms. The largest absolute Gasteiger partial charge is 0.409 e. The van der Waals surface area contributed by atoms with Crippen LogP contribution in [0.1, 0.15) is 37.7 Å². The zero-order valence-corrected chi connectivity index (χ0v) is 12.2. The maximum absolute atomic E-state index is 9.04. The third kappa shape index (κ3) is 3.73. The summed E-state index contributed by atoms with van der Waals surface area (Å²) in [6, 6.07) is 10.1. The molecule has 1 atom stereocenters. The Morgan fingerprint density at radius 2 is 2.10 bits per heavy atom. The predicted molar refractivity (Wildman–Crippen MR) is 82.0 cm³/mol. The molecule has 3 N–H and O–H groups in total. The van der Waals surface area contributed by atoms with Crippen molar-refractivity contribution in [3.63, 3.8) is 0 Å². The normalized spacial score (nSPS) is 18.0. The van der Waals surface area contributed by atoms with E-state index in [0.717, 1.165) is 31.1 Å². The number of hydrogen-bond donors (Lipinski definition) is 2. The van der Waals surface area contributed by atoms with Gasteiger partial charge in [-0.05, 0) is 30.9 Å². The molecule has 0 bridgehead atoms. The fraction of sp³-hybridized carbons (Fsp3) is 0.562. The van der Waals surface area contributed by atoms with Crippen molar-refractivity contribution in [3.05, 3.63) is 35.9 Å². The van der Waals surface area contributed by atoms with Gasteiger partial charge in [0.05, 0.1) is 5.92 Å². The van der Waals surface area contributed by atoms with Crippen LogP contribution in [-0.2, 0) is 0 Å². The van der Waals surface area contributed by atoms with Crippen LogP contribution in [0.25, 0.3) is 0 Å². The van der Waals surface area contributed by atoms with Crippen LogP contribution in [-0.4, -0.2) is 35.6 Å². The van der Waals surface area contributed by atoms with Gasteiger partial charge < -0.3 is 15.8 Å². The molecule has 1 unspecified atom stereocenters. The molecule has 0 amide bonds. The number of amidine groups is 1. The van der Waals surface area contributed by atoms with Gasteiger partial charge >= 0.3 is 0 Å². The summed E-state index contributed by atoms with van der Waals surface area (Å²) in [4.78, 5) is 2.42. The Labute approximate surface area is 121 Å². The van der Waals surface area contributed by atoms with Crippen molar-refractivity contribution in [1.29, 1.82) is 0 Å². The third-order valence-corrected chi connectivity index (χ3v) is 4.30. The molecule has 2 rings (SSSR count). The molecule has 4 heteroatoms. The van der Waals surface area contributed by atoms with Crippen LogP contribution in [0.4, 0.5) is 0 Å². The first-order valence-electron chi connectivity index (χ1n) is 7.49. The molecule has 1 aromatic rings. The minimum absolute atomic E-state index is 0.0405. The summed E-state index contributed by atoms with van der Waals surface area (Å²) in [5.74, 6) is 1.09. The molecular formula is C16H25N3O. The van der Waals surface area contributed by atoms with Crippen molar-refractivity contribution >= 4 is 5.84 Å². The minimum atomic E-state index is -0.0405. The Morgan fingerprint density at radius 1 is 1.40 bits per heavy atom. The Balaban J connectivity index is 2.06. The van der Waals surface area contributed by atoms with Gasteiger partial charge in [-0.3, -0.25) is 0 Å². The molecule has 0 aliphatic heterocycles. The topological polar surface area (TPSA) is 61.8 Å². The second-order valence-corrected chi connectivity index (χ2v) is 5.64. The standard InChI is InChI=1S/C16H25N3O/c1-2-19(11-13-7-6-8-13)12-15(16(17)18-20)14-9-4-3-5-10-14/h3-5,9-10,13,15,20H,2,6-8,11-12H2,1H3,(H2,17,18). The van der Waals surface area contributed by atoms with Crippen molar-refractivity contribution < 1.29 is 5.21 Å².